The molecule has 0 aliphatic carbocycles. The van der Waals surface area contributed by atoms with E-state index in [1.165, 1.54) is 0 Å². The van der Waals surface area contributed by atoms with Crippen LogP contribution in [0, 0.1) is 0 Å². The number of oxime groups is 1. The molecule has 2 rings (SSSR count). The van der Waals surface area contributed by atoms with Crippen LogP contribution in [0.25, 0.3) is 0 Å². The molecule has 0 saturated carbocycles. The largest absolute Gasteiger partial charge is 0.455 e. The zero-order valence-corrected chi connectivity index (χ0v) is 11.1. The smallest absolute Gasteiger partial charge is 0.150 e. The maximum Gasteiger partial charge on any atom is 0.150 e. The molecule has 19 heavy (non-hydrogen) atoms. The van der Waals surface area contributed by atoms with Gasteiger partial charge in [-0.3, -0.25) is 0 Å². The van der Waals surface area contributed by atoms with Gasteiger partial charge in [-0.05, 0) is 55.0 Å². The second kappa shape index (κ2) is 5.63. The van der Waals surface area contributed by atoms with Crippen molar-refractivity contribution in [1.82, 2.24) is 0 Å². The van der Waals surface area contributed by atoms with Crippen molar-refractivity contribution >= 4 is 23.0 Å². The fraction of sp³-hybridized carbons (Fsp3) is 0.0714. The minimum Gasteiger partial charge on any atom is -0.455 e. The lowest BCUT2D eigenvalue weighted by Crippen LogP contribution is -1.95. The van der Waals surface area contributed by atoms with Crippen molar-refractivity contribution in [3.8, 4) is 11.5 Å². The highest BCUT2D eigenvalue weighted by Gasteiger charge is 2.04. The first-order valence-corrected chi connectivity index (χ1v) is 6.00. The standard InChI is InChI=1S/C14H13ClN2O2/c1-9(17-18)10-2-5-12(6-3-10)19-14-7-4-11(15)8-13(14)16/h2-8,18H,16H2,1H3/b17-9-. The van der Waals surface area contributed by atoms with E-state index in [0.717, 1.165) is 5.56 Å². The lowest BCUT2D eigenvalue weighted by atomic mass is 10.1. The summed E-state index contributed by atoms with van der Waals surface area (Å²) in [6.45, 7) is 1.72. The molecule has 0 unspecified atom stereocenters. The van der Waals surface area contributed by atoms with Crippen LogP contribution in [0.3, 0.4) is 0 Å². The van der Waals surface area contributed by atoms with Gasteiger partial charge in [-0.1, -0.05) is 16.8 Å². The second-order valence-electron chi connectivity index (χ2n) is 3.99. The van der Waals surface area contributed by atoms with Crippen molar-refractivity contribution < 1.29 is 9.94 Å². The Kier molecular flexibility index (Phi) is 3.92. The van der Waals surface area contributed by atoms with Crippen LogP contribution in [0.15, 0.2) is 47.6 Å². The van der Waals surface area contributed by atoms with Gasteiger partial charge in [-0.2, -0.15) is 0 Å². The van der Waals surface area contributed by atoms with Crippen LogP contribution < -0.4 is 10.5 Å². The van der Waals surface area contributed by atoms with Gasteiger partial charge in [0.25, 0.3) is 0 Å². The van der Waals surface area contributed by atoms with E-state index in [4.69, 9.17) is 27.3 Å². The van der Waals surface area contributed by atoms with Gasteiger partial charge in [0.15, 0.2) is 0 Å². The lowest BCUT2D eigenvalue weighted by molar-refractivity contribution is 0.319. The Balaban J connectivity index is 2.20. The molecule has 0 radical (unpaired) electrons. The summed E-state index contributed by atoms with van der Waals surface area (Å²) in [5, 5.41) is 12.4. The number of benzene rings is 2. The second-order valence-corrected chi connectivity index (χ2v) is 4.43. The van der Waals surface area contributed by atoms with Gasteiger partial charge in [0, 0.05) is 5.02 Å². The van der Waals surface area contributed by atoms with Crippen molar-refractivity contribution in [2.24, 2.45) is 5.16 Å². The fourth-order valence-corrected chi connectivity index (χ4v) is 1.74. The summed E-state index contributed by atoms with van der Waals surface area (Å²) < 4.78 is 5.65. The third-order valence-corrected chi connectivity index (χ3v) is 2.86. The number of hydrogen-bond donors (Lipinski definition) is 2. The molecule has 0 aliphatic rings. The van der Waals surface area contributed by atoms with E-state index in [-0.39, 0.29) is 0 Å². The van der Waals surface area contributed by atoms with Crippen LogP contribution in [-0.4, -0.2) is 10.9 Å². The SMILES string of the molecule is C/C(=N/O)c1ccc(Oc2ccc(Cl)cc2N)cc1. The van der Waals surface area contributed by atoms with Crippen molar-refractivity contribution in [1.29, 1.82) is 0 Å². The highest BCUT2D eigenvalue weighted by atomic mass is 35.5. The minimum absolute atomic E-state index is 0.477. The molecule has 0 saturated heterocycles. The molecule has 3 N–H and O–H groups in total. The van der Waals surface area contributed by atoms with Gasteiger partial charge in [0.1, 0.15) is 11.5 Å². The zero-order chi connectivity index (χ0) is 13.8. The van der Waals surface area contributed by atoms with Crippen molar-refractivity contribution in [2.45, 2.75) is 6.92 Å². The summed E-state index contributed by atoms with van der Waals surface area (Å²) in [6.07, 6.45) is 0. The normalized spacial score (nSPS) is 11.4. The topological polar surface area (TPSA) is 67.8 Å². The summed E-state index contributed by atoms with van der Waals surface area (Å²) in [6, 6.07) is 12.2. The molecule has 0 spiro atoms. The molecule has 0 bridgehead atoms. The number of anilines is 1. The van der Waals surface area contributed by atoms with Crippen molar-refractivity contribution in [3.63, 3.8) is 0 Å². The van der Waals surface area contributed by atoms with Crippen LogP contribution in [-0.2, 0) is 0 Å². The van der Waals surface area contributed by atoms with Crippen LogP contribution in [0.2, 0.25) is 5.02 Å². The number of nitrogens with two attached hydrogens (primary N) is 1. The number of rotatable bonds is 3. The lowest BCUT2D eigenvalue weighted by Gasteiger charge is -2.09. The Bertz CT molecular complexity index is 609. The Morgan fingerprint density at radius 1 is 1.21 bits per heavy atom. The molecule has 0 amide bonds. The zero-order valence-electron chi connectivity index (χ0n) is 10.3. The van der Waals surface area contributed by atoms with E-state index in [2.05, 4.69) is 5.16 Å². The molecule has 0 atom stereocenters. The molecule has 0 fully saturated rings. The van der Waals surface area contributed by atoms with Gasteiger partial charge < -0.3 is 15.7 Å². The van der Waals surface area contributed by atoms with E-state index in [0.29, 0.717) is 27.9 Å². The fourth-order valence-electron chi connectivity index (χ4n) is 1.56. The highest BCUT2D eigenvalue weighted by Crippen LogP contribution is 2.29. The Hall–Kier alpha value is -2.20. The Labute approximate surface area is 116 Å². The first-order valence-electron chi connectivity index (χ1n) is 5.62. The molecule has 0 heterocycles. The predicted molar refractivity (Wildman–Crippen MR) is 76.4 cm³/mol. The number of nitrogens with zero attached hydrogens (tertiary/aromatic N) is 1. The van der Waals surface area contributed by atoms with Gasteiger partial charge >= 0.3 is 0 Å². The average Bonchev–Trinajstić information content (AvgIpc) is 2.42. The van der Waals surface area contributed by atoms with Crippen LogP contribution in [0.4, 0.5) is 5.69 Å². The van der Waals surface area contributed by atoms with E-state index in [1.807, 2.05) is 0 Å². The summed E-state index contributed by atoms with van der Waals surface area (Å²) in [4.78, 5) is 0. The highest BCUT2D eigenvalue weighted by molar-refractivity contribution is 6.30. The molecule has 0 aliphatic heterocycles. The third-order valence-electron chi connectivity index (χ3n) is 2.62. The van der Waals surface area contributed by atoms with E-state index in [9.17, 15) is 0 Å². The van der Waals surface area contributed by atoms with E-state index < -0.39 is 0 Å². The first-order chi connectivity index (χ1) is 9.10. The number of ether oxygens (including phenoxy) is 1. The molecule has 0 aromatic heterocycles. The molecular weight excluding hydrogens is 264 g/mol. The first kappa shape index (κ1) is 13.2. The Morgan fingerprint density at radius 2 is 1.89 bits per heavy atom. The molecule has 2 aromatic carbocycles. The van der Waals surface area contributed by atoms with Crippen LogP contribution in [0.1, 0.15) is 12.5 Å². The molecular formula is C14H13ClN2O2. The van der Waals surface area contributed by atoms with Gasteiger partial charge in [-0.15, -0.1) is 0 Å². The maximum absolute atomic E-state index is 8.68. The average molecular weight is 277 g/mol. The van der Waals surface area contributed by atoms with Gasteiger partial charge in [0.05, 0.1) is 11.4 Å². The Morgan fingerprint density at radius 3 is 2.47 bits per heavy atom. The monoisotopic (exact) mass is 276 g/mol. The summed E-state index contributed by atoms with van der Waals surface area (Å²) in [5.74, 6) is 1.19. The minimum atomic E-state index is 0.477. The number of hydrogen-bond acceptors (Lipinski definition) is 4. The van der Waals surface area contributed by atoms with Crippen molar-refractivity contribution in [3.05, 3.63) is 53.1 Å². The predicted octanol–water partition coefficient (Wildman–Crippen LogP) is 3.91. The third kappa shape index (κ3) is 3.17. The van der Waals surface area contributed by atoms with E-state index in [1.54, 1.807) is 49.4 Å². The number of nitrogen functional groups attached to an aromatic ring is 1. The number of halogens is 1. The molecule has 5 heteroatoms. The molecule has 4 nitrogen and oxygen atoms in total. The van der Waals surface area contributed by atoms with Crippen molar-refractivity contribution in [2.75, 3.05) is 5.73 Å². The summed E-state index contributed by atoms with van der Waals surface area (Å²) >= 11 is 5.82. The summed E-state index contributed by atoms with van der Waals surface area (Å²) in [7, 11) is 0. The van der Waals surface area contributed by atoms with Crippen LogP contribution in [0.5, 0.6) is 11.5 Å². The molecule has 2 aromatic rings. The summed E-state index contributed by atoms with van der Waals surface area (Å²) in [5.41, 5.74) is 7.64. The quantitative estimate of drug-likeness (QED) is 0.386. The van der Waals surface area contributed by atoms with Gasteiger partial charge in [0.2, 0.25) is 0 Å². The van der Waals surface area contributed by atoms with Crippen LogP contribution >= 0.6 is 11.6 Å². The van der Waals surface area contributed by atoms with E-state index >= 15 is 0 Å². The van der Waals surface area contributed by atoms with Gasteiger partial charge in [-0.25, -0.2) is 0 Å². The molecule has 98 valence electrons. The maximum atomic E-state index is 8.68.